The maximum atomic E-state index is 12.1. The first-order valence-corrected chi connectivity index (χ1v) is 9.55. The van der Waals surface area contributed by atoms with Crippen molar-refractivity contribution in [1.82, 2.24) is 15.5 Å². The number of nitrogens with zero attached hydrogens (tertiary/aromatic N) is 2. The molecule has 1 heterocycles. The number of fused-ring (bicyclic) bond motifs is 1. The largest absolute Gasteiger partial charge is 0.374 e. The number of nitrogen functional groups attached to an aromatic ring is 1. The van der Waals surface area contributed by atoms with Gasteiger partial charge in [0.1, 0.15) is 0 Å². The predicted octanol–water partition coefficient (Wildman–Crippen LogP) is 2.97. The van der Waals surface area contributed by atoms with Gasteiger partial charge in [-0.15, -0.1) is 10.2 Å². The van der Waals surface area contributed by atoms with Gasteiger partial charge in [0.15, 0.2) is 4.34 Å². The summed E-state index contributed by atoms with van der Waals surface area (Å²) in [6, 6.07) is 6.60. The van der Waals surface area contributed by atoms with E-state index in [-0.39, 0.29) is 11.9 Å². The first kappa shape index (κ1) is 16.3. The number of aromatic nitrogens is 2. The molecule has 23 heavy (non-hydrogen) atoms. The van der Waals surface area contributed by atoms with E-state index in [4.69, 9.17) is 5.73 Å². The Morgan fingerprint density at radius 1 is 1.35 bits per heavy atom. The van der Waals surface area contributed by atoms with E-state index in [9.17, 15) is 4.79 Å². The Hall–Kier alpha value is -1.60. The lowest BCUT2D eigenvalue weighted by atomic mass is 9.89. The van der Waals surface area contributed by atoms with Gasteiger partial charge in [-0.25, -0.2) is 0 Å². The number of carbonyl (C=O) groups is 1. The molecule has 1 aliphatic carbocycles. The molecule has 7 heteroatoms. The molecule has 3 rings (SSSR count). The summed E-state index contributed by atoms with van der Waals surface area (Å²) in [5.41, 5.74) is 9.60. The molecule has 3 N–H and O–H groups in total. The molecule has 0 spiro atoms. The average molecular weight is 348 g/mol. The van der Waals surface area contributed by atoms with Gasteiger partial charge < -0.3 is 11.1 Å². The number of benzene rings is 1. The fourth-order valence-electron chi connectivity index (χ4n) is 2.80. The standard InChI is InChI=1S/C16H20N4OS2/c1-10(12-7-6-11-4-2-3-5-13(11)8-12)18-14(21)9-22-16-20-19-15(17)23-16/h6-8,10H,2-5,9H2,1H3,(H2,17,19)(H,18,21). The van der Waals surface area contributed by atoms with Crippen LogP contribution >= 0.6 is 23.1 Å². The number of aryl methyl sites for hydroxylation is 2. The third-order valence-electron chi connectivity index (χ3n) is 4.00. The van der Waals surface area contributed by atoms with E-state index in [1.54, 1.807) is 0 Å². The van der Waals surface area contributed by atoms with E-state index >= 15 is 0 Å². The average Bonchev–Trinajstić information content (AvgIpc) is 2.98. The van der Waals surface area contributed by atoms with Gasteiger partial charge in [0.25, 0.3) is 0 Å². The van der Waals surface area contributed by atoms with E-state index in [2.05, 4.69) is 33.7 Å². The molecule has 0 aliphatic heterocycles. The third kappa shape index (κ3) is 4.23. The molecule has 1 atom stereocenters. The summed E-state index contributed by atoms with van der Waals surface area (Å²) in [6.07, 6.45) is 4.88. The normalized spacial score (nSPS) is 15.0. The quantitative estimate of drug-likeness (QED) is 0.812. The Balaban J connectivity index is 1.55. The Bertz CT molecular complexity index is 701. The van der Waals surface area contributed by atoms with Crippen molar-refractivity contribution < 1.29 is 4.79 Å². The second-order valence-electron chi connectivity index (χ2n) is 5.72. The number of rotatable bonds is 5. The lowest BCUT2D eigenvalue weighted by Gasteiger charge is -2.20. The van der Waals surface area contributed by atoms with Crippen LogP contribution < -0.4 is 11.1 Å². The zero-order chi connectivity index (χ0) is 16.2. The van der Waals surface area contributed by atoms with Crippen molar-refractivity contribution in [2.45, 2.75) is 43.0 Å². The molecule has 0 radical (unpaired) electrons. The van der Waals surface area contributed by atoms with Crippen molar-refractivity contribution in [2.75, 3.05) is 11.5 Å². The van der Waals surface area contributed by atoms with E-state index < -0.39 is 0 Å². The summed E-state index contributed by atoms with van der Waals surface area (Å²) >= 11 is 2.66. The number of hydrogen-bond acceptors (Lipinski definition) is 6. The first-order valence-electron chi connectivity index (χ1n) is 7.74. The van der Waals surface area contributed by atoms with E-state index in [1.807, 2.05) is 6.92 Å². The van der Waals surface area contributed by atoms with E-state index in [0.29, 0.717) is 10.9 Å². The minimum absolute atomic E-state index is 0.00556. The minimum atomic E-state index is -0.00556. The predicted molar refractivity (Wildman–Crippen MR) is 94.7 cm³/mol. The highest BCUT2D eigenvalue weighted by Gasteiger charge is 2.14. The SMILES string of the molecule is CC(NC(=O)CSc1nnc(N)s1)c1ccc2c(c1)CCCC2. The molecule has 2 aromatic rings. The molecule has 1 aromatic heterocycles. The molecule has 1 amide bonds. The van der Waals surface area contributed by atoms with E-state index in [0.717, 1.165) is 10.8 Å². The highest BCUT2D eigenvalue weighted by molar-refractivity contribution is 8.01. The van der Waals surface area contributed by atoms with Gasteiger partial charge >= 0.3 is 0 Å². The number of hydrogen-bond donors (Lipinski definition) is 2. The van der Waals surface area contributed by atoms with Crippen molar-refractivity contribution >= 4 is 34.1 Å². The van der Waals surface area contributed by atoms with Crippen LogP contribution in [0.3, 0.4) is 0 Å². The highest BCUT2D eigenvalue weighted by atomic mass is 32.2. The molecule has 5 nitrogen and oxygen atoms in total. The van der Waals surface area contributed by atoms with Crippen molar-refractivity contribution in [3.8, 4) is 0 Å². The van der Waals surface area contributed by atoms with Crippen molar-refractivity contribution in [3.05, 3.63) is 34.9 Å². The summed E-state index contributed by atoms with van der Waals surface area (Å²) in [6.45, 7) is 2.02. The number of carbonyl (C=O) groups excluding carboxylic acids is 1. The summed E-state index contributed by atoms with van der Waals surface area (Å²) < 4.78 is 0.721. The molecule has 122 valence electrons. The Labute approximate surface area is 144 Å². The second-order valence-corrected chi connectivity index (χ2v) is 7.95. The van der Waals surface area contributed by atoms with Gasteiger partial charge in [0.2, 0.25) is 11.0 Å². The zero-order valence-electron chi connectivity index (χ0n) is 13.0. The molecule has 0 fully saturated rings. The molecular weight excluding hydrogens is 328 g/mol. The third-order valence-corrected chi connectivity index (χ3v) is 5.88. The van der Waals surface area contributed by atoms with Gasteiger partial charge in [-0.3, -0.25) is 4.79 Å². The van der Waals surface area contributed by atoms with Crippen LogP contribution in [0.15, 0.2) is 22.5 Å². The molecule has 0 saturated carbocycles. The fraction of sp³-hybridized carbons (Fsp3) is 0.438. The number of anilines is 1. The van der Waals surface area contributed by atoms with Gasteiger partial charge in [-0.1, -0.05) is 41.3 Å². The van der Waals surface area contributed by atoms with Crippen LogP contribution in [0.4, 0.5) is 5.13 Å². The molecule has 1 aliphatic rings. The minimum Gasteiger partial charge on any atom is -0.374 e. The maximum Gasteiger partial charge on any atom is 0.230 e. The smallest absolute Gasteiger partial charge is 0.230 e. The number of nitrogens with two attached hydrogens (primary N) is 1. The van der Waals surface area contributed by atoms with Crippen molar-refractivity contribution in [2.24, 2.45) is 0 Å². The fourth-order valence-corrected chi connectivity index (χ4v) is 4.24. The van der Waals surface area contributed by atoms with Gasteiger partial charge in [0.05, 0.1) is 11.8 Å². The van der Waals surface area contributed by atoms with Gasteiger partial charge in [-0.05, 0) is 49.3 Å². The summed E-state index contributed by atoms with van der Waals surface area (Å²) in [7, 11) is 0. The topological polar surface area (TPSA) is 80.9 Å². The van der Waals surface area contributed by atoms with Crippen LogP contribution in [0.5, 0.6) is 0 Å². The Morgan fingerprint density at radius 2 is 2.13 bits per heavy atom. The molecule has 1 aromatic carbocycles. The maximum absolute atomic E-state index is 12.1. The van der Waals surface area contributed by atoms with Crippen molar-refractivity contribution in [1.29, 1.82) is 0 Å². The number of thioether (sulfide) groups is 1. The summed E-state index contributed by atoms with van der Waals surface area (Å²) in [5.74, 6) is 0.318. The van der Waals surface area contributed by atoms with Crippen molar-refractivity contribution in [3.63, 3.8) is 0 Å². The molecule has 1 unspecified atom stereocenters. The van der Waals surface area contributed by atoms with Crippen LogP contribution in [-0.4, -0.2) is 21.9 Å². The second kappa shape index (κ2) is 7.31. The number of amides is 1. The Kier molecular flexibility index (Phi) is 5.17. The number of nitrogens with one attached hydrogen (secondary N) is 1. The molecule has 0 bridgehead atoms. The highest BCUT2D eigenvalue weighted by Crippen LogP contribution is 2.26. The van der Waals surface area contributed by atoms with Crippen LogP contribution in [0.25, 0.3) is 0 Å². The summed E-state index contributed by atoms with van der Waals surface area (Å²) in [5, 5.41) is 11.1. The van der Waals surface area contributed by atoms with Crippen LogP contribution in [0.2, 0.25) is 0 Å². The van der Waals surface area contributed by atoms with Crippen LogP contribution in [0, 0.1) is 0 Å². The van der Waals surface area contributed by atoms with Crippen LogP contribution in [0.1, 0.15) is 42.5 Å². The Morgan fingerprint density at radius 3 is 2.87 bits per heavy atom. The molecular formula is C16H20N4OS2. The summed E-state index contributed by atoms with van der Waals surface area (Å²) in [4.78, 5) is 12.1. The van der Waals surface area contributed by atoms with E-state index in [1.165, 1.54) is 59.1 Å². The lowest BCUT2D eigenvalue weighted by Crippen LogP contribution is -2.28. The lowest BCUT2D eigenvalue weighted by molar-refractivity contribution is -0.119. The molecule has 0 saturated heterocycles. The van der Waals surface area contributed by atoms with Gasteiger partial charge in [0, 0.05) is 0 Å². The monoisotopic (exact) mass is 348 g/mol. The zero-order valence-corrected chi connectivity index (χ0v) is 14.7. The van der Waals surface area contributed by atoms with Gasteiger partial charge in [-0.2, -0.15) is 0 Å². The first-order chi connectivity index (χ1) is 11.1. The van der Waals surface area contributed by atoms with Crippen LogP contribution in [-0.2, 0) is 17.6 Å².